The average Bonchev–Trinajstić information content (AvgIpc) is 2.64. The van der Waals surface area contributed by atoms with Gasteiger partial charge in [-0.15, -0.1) is 5.10 Å². The quantitative estimate of drug-likeness (QED) is 0.790. The van der Waals surface area contributed by atoms with E-state index in [1.807, 2.05) is 38.1 Å². The summed E-state index contributed by atoms with van der Waals surface area (Å²) in [5, 5.41) is 11.3. The molecule has 1 aromatic carbocycles. The molecule has 0 amide bonds. The number of rotatable bonds is 2. The summed E-state index contributed by atoms with van der Waals surface area (Å²) in [5.74, 6) is 0.761. The van der Waals surface area contributed by atoms with Crippen molar-refractivity contribution in [3.63, 3.8) is 0 Å². The smallest absolute Gasteiger partial charge is 0.153 e. The topological polar surface area (TPSA) is 69.6 Å². The second kappa shape index (κ2) is 3.78. The summed E-state index contributed by atoms with van der Waals surface area (Å²) in [6.07, 6.45) is 0. The van der Waals surface area contributed by atoms with Gasteiger partial charge in [-0.2, -0.15) is 4.68 Å². The van der Waals surface area contributed by atoms with Gasteiger partial charge in [0.15, 0.2) is 5.82 Å². The van der Waals surface area contributed by atoms with Gasteiger partial charge in [0.1, 0.15) is 0 Å². The van der Waals surface area contributed by atoms with Gasteiger partial charge in [0.2, 0.25) is 0 Å². The zero-order valence-electron chi connectivity index (χ0n) is 8.75. The minimum Gasteiger partial charge on any atom is -0.324 e. The highest BCUT2D eigenvalue weighted by Gasteiger charge is 2.05. The van der Waals surface area contributed by atoms with E-state index < -0.39 is 0 Å². The number of hydrogen-bond acceptors (Lipinski definition) is 4. The summed E-state index contributed by atoms with van der Waals surface area (Å²) in [5.41, 5.74) is 7.82. The lowest BCUT2D eigenvalue weighted by atomic mass is 10.1. The third kappa shape index (κ3) is 1.87. The summed E-state index contributed by atoms with van der Waals surface area (Å²) >= 11 is 0. The van der Waals surface area contributed by atoms with Crippen LogP contribution in [0.5, 0.6) is 0 Å². The molecule has 15 heavy (non-hydrogen) atoms. The molecule has 2 rings (SSSR count). The molecule has 1 aromatic heterocycles. The van der Waals surface area contributed by atoms with Crippen molar-refractivity contribution in [3.8, 4) is 5.69 Å². The Labute approximate surface area is 87.9 Å². The van der Waals surface area contributed by atoms with Gasteiger partial charge in [-0.3, -0.25) is 0 Å². The van der Waals surface area contributed by atoms with E-state index in [2.05, 4.69) is 15.5 Å². The van der Waals surface area contributed by atoms with Gasteiger partial charge in [-0.25, -0.2) is 0 Å². The van der Waals surface area contributed by atoms with E-state index in [4.69, 9.17) is 5.73 Å². The van der Waals surface area contributed by atoms with Gasteiger partial charge < -0.3 is 5.73 Å². The first-order valence-corrected chi connectivity index (χ1v) is 4.79. The van der Waals surface area contributed by atoms with Crippen molar-refractivity contribution in [2.45, 2.75) is 19.9 Å². The van der Waals surface area contributed by atoms with E-state index in [0.717, 1.165) is 17.1 Å². The predicted molar refractivity (Wildman–Crippen MR) is 56.5 cm³/mol. The van der Waals surface area contributed by atoms with Crippen molar-refractivity contribution in [1.29, 1.82) is 0 Å². The Morgan fingerprint density at radius 1 is 1.40 bits per heavy atom. The monoisotopic (exact) mass is 203 g/mol. The second-order valence-corrected chi connectivity index (χ2v) is 3.52. The fourth-order valence-corrected chi connectivity index (χ4v) is 1.41. The van der Waals surface area contributed by atoms with Gasteiger partial charge >= 0.3 is 0 Å². The Morgan fingerprint density at radius 2 is 2.20 bits per heavy atom. The average molecular weight is 203 g/mol. The second-order valence-electron chi connectivity index (χ2n) is 3.52. The van der Waals surface area contributed by atoms with Crippen LogP contribution in [-0.4, -0.2) is 20.2 Å². The lowest BCUT2D eigenvalue weighted by Crippen LogP contribution is -2.06. The molecule has 5 nitrogen and oxygen atoms in total. The molecule has 0 radical (unpaired) electrons. The summed E-state index contributed by atoms with van der Waals surface area (Å²) < 4.78 is 1.69. The minimum atomic E-state index is 0.0155. The van der Waals surface area contributed by atoms with Gasteiger partial charge in [0.05, 0.1) is 5.69 Å². The Hall–Kier alpha value is -1.75. The molecule has 2 N–H and O–H groups in total. The Bertz CT molecular complexity index is 460. The first-order chi connectivity index (χ1) is 7.18. The fourth-order valence-electron chi connectivity index (χ4n) is 1.41. The summed E-state index contributed by atoms with van der Waals surface area (Å²) in [6.45, 7) is 3.81. The predicted octanol–water partition coefficient (Wildman–Crippen LogP) is 0.990. The maximum atomic E-state index is 5.81. The van der Waals surface area contributed by atoms with Crippen LogP contribution in [0.2, 0.25) is 0 Å². The molecule has 0 spiro atoms. The molecule has 5 heteroatoms. The molecule has 0 bridgehead atoms. The highest BCUT2D eigenvalue weighted by atomic mass is 15.5. The first-order valence-electron chi connectivity index (χ1n) is 4.79. The molecule has 0 aliphatic heterocycles. The molecule has 1 heterocycles. The largest absolute Gasteiger partial charge is 0.324 e. The number of aryl methyl sites for hydroxylation is 1. The third-order valence-electron chi connectivity index (χ3n) is 2.27. The van der Waals surface area contributed by atoms with E-state index in [-0.39, 0.29) is 6.04 Å². The van der Waals surface area contributed by atoms with E-state index in [9.17, 15) is 0 Å². The normalized spacial score (nSPS) is 12.7. The minimum absolute atomic E-state index is 0.0155. The van der Waals surface area contributed by atoms with Gasteiger partial charge in [-0.1, -0.05) is 12.1 Å². The highest BCUT2D eigenvalue weighted by molar-refractivity contribution is 5.36. The Morgan fingerprint density at radius 3 is 2.80 bits per heavy atom. The molecule has 2 aromatic rings. The molecule has 1 atom stereocenters. The van der Waals surface area contributed by atoms with Crippen molar-refractivity contribution in [1.82, 2.24) is 20.2 Å². The molecule has 0 fully saturated rings. The van der Waals surface area contributed by atoms with Crippen molar-refractivity contribution in [2.24, 2.45) is 5.73 Å². The zero-order chi connectivity index (χ0) is 10.8. The van der Waals surface area contributed by atoms with E-state index >= 15 is 0 Å². The number of benzene rings is 1. The van der Waals surface area contributed by atoms with Crippen molar-refractivity contribution >= 4 is 0 Å². The SMILES string of the molecule is Cc1nnnn1-c1cccc(C(C)N)c1. The maximum Gasteiger partial charge on any atom is 0.153 e. The zero-order valence-corrected chi connectivity index (χ0v) is 8.75. The van der Waals surface area contributed by atoms with Crippen molar-refractivity contribution in [3.05, 3.63) is 35.7 Å². The summed E-state index contributed by atoms with van der Waals surface area (Å²) in [4.78, 5) is 0. The van der Waals surface area contributed by atoms with Crippen molar-refractivity contribution < 1.29 is 0 Å². The molecule has 0 aliphatic carbocycles. The van der Waals surface area contributed by atoms with Crippen LogP contribution >= 0.6 is 0 Å². The highest BCUT2D eigenvalue weighted by Crippen LogP contribution is 2.14. The van der Waals surface area contributed by atoms with Crippen LogP contribution in [0.25, 0.3) is 5.69 Å². The first kappa shape index (κ1) is 9.79. The van der Waals surface area contributed by atoms with Gasteiger partial charge in [-0.05, 0) is 42.0 Å². The summed E-state index contributed by atoms with van der Waals surface area (Å²) in [7, 11) is 0. The van der Waals surface area contributed by atoms with Crippen LogP contribution in [0.15, 0.2) is 24.3 Å². The molecule has 0 saturated heterocycles. The molecular weight excluding hydrogens is 190 g/mol. The molecule has 0 aliphatic rings. The van der Waals surface area contributed by atoms with E-state index in [0.29, 0.717) is 0 Å². The number of hydrogen-bond donors (Lipinski definition) is 1. The van der Waals surface area contributed by atoms with Gasteiger partial charge in [0.25, 0.3) is 0 Å². The lowest BCUT2D eigenvalue weighted by Gasteiger charge is -2.07. The molecule has 0 saturated carbocycles. The van der Waals surface area contributed by atoms with Crippen LogP contribution in [0, 0.1) is 6.92 Å². The fraction of sp³-hybridized carbons (Fsp3) is 0.300. The number of tetrazole rings is 1. The van der Waals surface area contributed by atoms with Gasteiger partial charge in [0, 0.05) is 6.04 Å². The Kier molecular flexibility index (Phi) is 2.47. The molecule has 78 valence electrons. The lowest BCUT2D eigenvalue weighted by molar-refractivity contribution is 0.770. The third-order valence-corrected chi connectivity index (χ3v) is 2.27. The number of nitrogens with zero attached hydrogens (tertiary/aromatic N) is 4. The summed E-state index contributed by atoms with van der Waals surface area (Å²) in [6, 6.07) is 7.91. The molecular formula is C10H13N5. The standard InChI is InChI=1S/C10H13N5/c1-7(11)9-4-3-5-10(6-9)15-8(2)12-13-14-15/h3-7H,11H2,1-2H3. The van der Waals surface area contributed by atoms with E-state index in [1.54, 1.807) is 4.68 Å². The van der Waals surface area contributed by atoms with Crippen LogP contribution in [0.4, 0.5) is 0 Å². The number of aromatic nitrogens is 4. The van der Waals surface area contributed by atoms with Crippen LogP contribution in [0.1, 0.15) is 24.4 Å². The van der Waals surface area contributed by atoms with Crippen LogP contribution in [-0.2, 0) is 0 Å². The number of nitrogens with two attached hydrogens (primary N) is 1. The maximum absolute atomic E-state index is 5.81. The molecule has 1 unspecified atom stereocenters. The van der Waals surface area contributed by atoms with Crippen LogP contribution in [0.3, 0.4) is 0 Å². The van der Waals surface area contributed by atoms with Crippen molar-refractivity contribution in [2.75, 3.05) is 0 Å². The Balaban J connectivity index is 2.46. The van der Waals surface area contributed by atoms with E-state index in [1.165, 1.54) is 0 Å². The van der Waals surface area contributed by atoms with Crippen LogP contribution < -0.4 is 5.73 Å².